The van der Waals surface area contributed by atoms with Crippen molar-refractivity contribution in [1.29, 1.82) is 0 Å². The Morgan fingerprint density at radius 3 is 2.71 bits per heavy atom. The Kier molecular flexibility index (Phi) is 4.77. The van der Waals surface area contributed by atoms with E-state index in [2.05, 4.69) is 10.5 Å². The van der Waals surface area contributed by atoms with E-state index in [1.165, 1.54) is 6.21 Å². The molecule has 0 fully saturated rings. The largest absolute Gasteiger partial charge is 0.490 e. The van der Waals surface area contributed by atoms with Crippen LogP contribution < -0.4 is 10.2 Å². The maximum absolute atomic E-state index is 12.1. The zero-order valence-corrected chi connectivity index (χ0v) is 12.3. The first-order chi connectivity index (χ1) is 10.1. The fourth-order valence-corrected chi connectivity index (χ4v) is 1.75. The molecule has 0 atom stereocenters. The highest BCUT2D eigenvalue weighted by Gasteiger charge is 2.12. The Labute approximate surface area is 123 Å². The Hall–Kier alpha value is -2.56. The zero-order valence-electron chi connectivity index (χ0n) is 12.3. The average molecular weight is 286 g/mol. The number of ether oxygens (including phenoxy) is 1. The maximum Gasteiger partial charge on any atom is 0.275 e. The lowest BCUT2D eigenvalue weighted by Crippen LogP contribution is -2.19. The van der Waals surface area contributed by atoms with Crippen molar-refractivity contribution in [2.45, 2.75) is 26.9 Å². The van der Waals surface area contributed by atoms with Gasteiger partial charge in [-0.05, 0) is 45.0 Å². The molecule has 0 radical (unpaired) electrons. The number of hydrogen-bond acceptors (Lipinski definition) is 4. The van der Waals surface area contributed by atoms with E-state index in [1.807, 2.05) is 32.9 Å². The minimum absolute atomic E-state index is 0.00598. The number of rotatable bonds is 5. The van der Waals surface area contributed by atoms with E-state index in [-0.39, 0.29) is 12.0 Å². The van der Waals surface area contributed by atoms with Gasteiger partial charge in [-0.25, -0.2) is 5.43 Å². The molecule has 0 spiro atoms. The molecular weight excluding hydrogens is 268 g/mol. The molecular formula is C16H18N2O3. The summed E-state index contributed by atoms with van der Waals surface area (Å²) in [7, 11) is 0. The highest BCUT2D eigenvalue weighted by atomic mass is 16.5. The van der Waals surface area contributed by atoms with Gasteiger partial charge < -0.3 is 9.15 Å². The SMILES string of the molecule is Cc1ccc(/C=N\NC(=O)c2ccccc2OC(C)C)o1. The normalized spacial score (nSPS) is 11.0. The van der Waals surface area contributed by atoms with E-state index in [9.17, 15) is 4.79 Å². The topological polar surface area (TPSA) is 63.8 Å². The molecule has 1 heterocycles. The molecule has 21 heavy (non-hydrogen) atoms. The van der Waals surface area contributed by atoms with Crippen LogP contribution in [0.3, 0.4) is 0 Å². The van der Waals surface area contributed by atoms with Gasteiger partial charge in [0.1, 0.15) is 17.3 Å². The fraction of sp³-hybridized carbons (Fsp3) is 0.250. The summed E-state index contributed by atoms with van der Waals surface area (Å²) in [4.78, 5) is 12.1. The highest BCUT2D eigenvalue weighted by molar-refractivity contribution is 5.97. The van der Waals surface area contributed by atoms with Gasteiger partial charge in [-0.2, -0.15) is 5.10 Å². The fourth-order valence-electron chi connectivity index (χ4n) is 1.75. The summed E-state index contributed by atoms with van der Waals surface area (Å²) in [6.45, 7) is 5.66. The summed E-state index contributed by atoms with van der Waals surface area (Å²) in [5, 5.41) is 3.88. The van der Waals surface area contributed by atoms with Gasteiger partial charge in [-0.3, -0.25) is 4.79 Å². The Morgan fingerprint density at radius 2 is 2.05 bits per heavy atom. The number of amides is 1. The molecule has 5 nitrogen and oxygen atoms in total. The lowest BCUT2D eigenvalue weighted by atomic mass is 10.2. The monoisotopic (exact) mass is 286 g/mol. The number of carbonyl (C=O) groups excluding carboxylic acids is 1. The summed E-state index contributed by atoms with van der Waals surface area (Å²) in [6.07, 6.45) is 1.45. The molecule has 0 aliphatic heterocycles. The van der Waals surface area contributed by atoms with Crippen LogP contribution in [0.25, 0.3) is 0 Å². The number of furan rings is 1. The van der Waals surface area contributed by atoms with E-state index >= 15 is 0 Å². The summed E-state index contributed by atoms with van der Waals surface area (Å²) < 4.78 is 10.9. The number of aryl methyl sites for hydroxylation is 1. The van der Waals surface area contributed by atoms with Gasteiger partial charge in [0, 0.05) is 0 Å². The van der Waals surface area contributed by atoms with Crippen molar-refractivity contribution < 1.29 is 13.9 Å². The van der Waals surface area contributed by atoms with Crippen LogP contribution in [0.1, 0.15) is 35.7 Å². The molecule has 0 aliphatic carbocycles. The number of carbonyl (C=O) groups is 1. The first-order valence-electron chi connectivity index (χ1n) is 6.72. The van der Waals surface area contributed by atoms with Crippen LogP contribution in [-0.4, -0.2) is 18.2 Å². The first kappa shape index (κ1) is 14.8. The van der Waals surface area contributed by atoms with E-state index < -0.39 is 0 Å². The van der Waals surface area contributed by atoms with Crippen molar-refractivity contribution in [2.75, 3.05) is 0 Å². The Morgan fingerprint density at radius 1 is 1.29 bits per heavy atom. The van der Waals surface area contributed by atoms with Crippen LogP contribution in [0.2, 0.25) is 0 Å². The van der Waals surface area contributed by atoms with Crippen molar-refractivity contribution in [3.8, 4) is 5.75 Å². The lowest BCUT2D eigenvalue weighted by molar-refractivity contribution is 0.0949. The van der Waals surface area contributed by atoms with Crippen LogP contribution in [0, 0.1) is 6.92 Å². The Balaban J connectivity index is 2.05. The van der Waals surface area contributed by atoms with Crippen LogP contribution in [-0.2, 0) is 0 Å². The Bertz CT molecular complexity index is 644. The number of benzene rings is 1. The van der Waals surface area contributed by atoms with E-state index in [0.29, 0.717) is 17.1 Å². The zero-order chi connectivity index (χ0) is 15.2. The van der Waals surface area contributed by atoms with Crippen molar-refractivity contribution in [1.82, 2.24) is 5.43 Å². The van der Waals surface area contributed by atoms with E-state index in [4.69, 9.17) is 9.15 Å². The van der Waals surface area contributed by atoms with Gasteiger partial charge in [0.05, 0.1) is 17.9 Å². The third-order valence-electron chi connectivity index (χ3n) is 2.61. The van der Waals surface area contributed by atoms with Gasteiger partial charge in [-0.15, -0.1) is 0 Å². The minimum Gasteiger partial charge on any atom is -0.490 e. The third kappa shape index (κ3) is 4.21. The second-order valence-corrected chi connectivity index (χ2v) is 4.81. The summed E-state index contributed by atoms with van der Waals surface area (Å²) in [6, 6.07) is 10.7. The second kappa shape index (κ2) is 6.74. The van der Waals surface area contributed by atoms with Gasteiger partial charge in [0.25, 0.3) is 5.91 Å². The van der Waals surface area contributed by atoms with Crippen LogP contribution >= 0.6 is 0 Å². The van der Waals surface area contributed by atoms with Crippen molar-refractivity contribution in [2.24, 2.45) is 5.10 Å². The molecule has 1 aromatic carbocycles. The second-order valence-electron chi connectivity index (χ2n) is 4.81. The molecule has 0 saturated carbocycles. The van der Waals surface area contributed by atoms with E-state index in [0.717, 1.165) is 5.76 Å². The molecule has 0 aliphatic rings. The molecule has 1 amide bonds. The summed E-state index contributed by atoms with van der Waals surface area (Å²) >= 11 is 0. The molecule has 1 aromatic heterocycles. The number of hydrogen-bond donors (Lipinski definition) is 1. The predicted octanol–water partition coefficient (Wildman–Crippen LogP) is 3.14. The van der Waals surface area contributed by atoms with Crippen LogP contribution in [0.15, 0.2) is 45.9 Å². The van der Waals surface area contributed by atoms with Gasteiger partial charge in [0.2, 0.25) is 0 Å². The maximum atomic E-state index is 12.1. The summed E-state index contributed by atoms with van der Waals surface area (Å²) in [5.74, 6) is 1.58. The molecule has 2 rings (SSSR count). The van der Waals surface area contributed by atoms with Crippen molar-refractivity contribution >= 4 is 12.1 Å². The predicted molar refractivity (Wildman–Crippen MR) is 80.7 cm³/mol. The van der Waals surface area contributed by atoms with Crippen molar-refractivity contribution in [3.05, 3.63) is 53.5 Å². The smallest absolute Gasteiger partial charge is 0.275 e. The molecule has 110 valence electrons. The third-order valence-corrected chi connectivity index (χ3v) is 2.61. The standard InChI is InChI=1S/C16H18N2O3/c1-11(2)20-15-7-5-4-6-14(15)16(19)18-17-10-13-9-8-12(3)21-13/h4-11H,1-3H3,(H,18,19)/b17-10-. The van der Waals surface area contributed by atoms with E-state index in [1.54, 1.807) is 24.3 Å². The number of hydrazone groups is 1. The number of nitrogens with zero attached hydrogens (tertiary/aromatic N) is 1. The van der Waals surface area contributed by atoms with Gasteiger partial charge in [-0.1, -0.05) is 12.1 Å². The number of nitrogens with one attached hydrogen (secondary N) is 1. The van der Waals surface area contributed by atoms with Crippen LogP contribution in [0.5, 0.6) is 5.75 Å². The van der Waals surface area contributed by atoms with Crippen LogP contribution in [0.4, 0.5) is 0 Å². The molecule has 0 saturated heterocycles. The first-order valence-corrected chi connectivity index (χ1v) is 6.72. The average Bonchev–Trinajstić information content (AvgIpc) is 2.84. The lowest BCUT2D eigenvalue weighted by Gasteiger charge is -2.12. The molecule has 2 aromatic rings. The minimum atomic E-state index is -0.328. The van der Waals surface area contributed by atoms with Gasteiger partial charge >= 0.3 is 0 Å². The molecule has 1 N–H and O–H groups in total. The quantitative estimate of drug-likeness (QED) is 0.678. The number of para-hydroxylation sites is 1. The summed E-state index contributed by atoms with van der Waals surface area (Å²) in [5.41, 5.74) is 2.90. The highest BCUT2D eigenvalue weighted by Crippen LogP contribution is 2.19. The van der Waals surface area contributed by atoms with Crippen molar-refractivity contribution in [3.63, 3.8) is 0 Å². The molecule has 0 bridgehead atoms. The molecule has 5 heteroatoms. The molecule has 0 unspecified atom stereocenters. The van der Waals surface area contributed by atoms with Gasteiger partial charge in [0.15, 0.2) is 0 Å².